The largest absolute Gasteiger partial charge is 0.314 e. The molecule has 1 N–H and O–H groups in total. The first-order valence-corrected chi connectivity index (χ1v) is 7.81. The van der Waals surface area contributed by atoms with Crippen LogP contribution in [0.2, 0.25) is 0 Å². The molecular weight excluding hydrogens is 222 g/mol. The Labute approximate surface area is 113 Å². The molecule has 106 valence electrons. The number of piperazine rings is 1. The molecule has 0 radical (unpaired) electrons. The molecule has 2 unspecified atom stereocenters. The van der Waals surface area contributed by atoms with Crippen molar-refractivity contribution in [1.82, 2.24) is 15.1 Å². The van der Waals surface area contributed by atoms with Gasteiger partial charge in [-0.3, -0.25) is 0 Å². The van der Waals surface area contributed by atoms with Gasteiger partial charge in [-0.2, -0.15) is 0 Å². The van der Waals surface area contributed by atoms with Crippen molar-refractivity contribution in [3.05, 3.63) is 0 Å². The molecule has 0 aromatic rings. The van der Waals surface area contributed by atoms with Crippen LogP contribution < -0.4 is 5.32 Å². The quantitative estimate of drug-likeness (QED) is 0.746. The number of hydrogen-bond donors (Lipinski definition) is 1. The lowest BCUT2D eigenvalue weighted by molar-refractivity contribution is 0.0999. The molecular formula is C15H31N3. The Morgan fingerprint density at radius 1 is 1.22 bits per heavy atom. The highest BCUT2D eigenvalue weighted by Crippen LogP contribution is 2.34. The topological polar surface area (TPSA) is 18.5 Å². The summed E-state index contributed by atoms with van der Waals surface area (Å²) in [7, 11) is 4.55. The van der Waals surface area contributed by atoms with Gasteiger partial charge < -0.3 is 15.1 Å². The Hall–Kier alpha value is -0.120. The van der Waals surface area contributed by atoms with Crippen molar-refractivity contribution >= 4 is 0 Å². The van der Waals surface area contributed by atoms with Gasteiger partial charge in [0.25, 0.3) is 0 Å². The van der Waals surface area contributed by atoms with Gasteiger partial charge >= 0.3 is 0 Å². The molecule has 0 spiro atoms. The lowest BCUT2D eigenvalue weighted by atomic mass is 9.98. The third kappa shape index (κ3) is 4.52. The van der Waals surface area contributed by atoms with Crippen LogP contribution in [0.1, 0.15) is 39.0 Å². The van der Waals surface area contributed by atoms with Crippen molar-refractivity contribution < 1.29 is 0 Å². The summed E-state index contributed by atoms with van der Waals surface area (Å²) in [5.41, 5.74) is 0. The minimum atomic E-state index is 0.731. The fourth-order valence-electron chi connectivity index (χ4n) is 3.12. The molecule has 0 amide bonds. The highest BCUT2D eigenvalue weighted by molar-refractivity contribution is 4.84. The van der Waals surface area contributed by atoms with Crippen molar-refractivity contribution in [2.75, 3.05) is 40.3 Å². The Balaban J connectivity index is 1.77. The minimum Gasteiger partial charge on any atom is -0.314 e. The SMILES string of the molecule is CCNC(CCC1CC1)CC1CN(C)CCN1C. The number of rotatable bonds is 7. The lowest BCUT2D eigenvalue weighted by Gasteiger charge is -2.39. The predicted molar refractivity (Wildman–Crippen MR) is 78.0 cm³/mol. The van der Waals surface area contributed by atoms with Crippen molar-refractivity contribution in [2.45, 2.75) is 51.1 Å². The fourth-order valence-corrected chi connectivity index (χ4v) is 3.12. The van der Waals surface area contributed by atoms with Gasteiger partial charge in [-0.25, -0.2) is 0 Å². The van der Waals surface area contributed by atoms with Gasteiger partial charge in [0.1, 0.15) is 0 Å². The molecule has 1 aliphatic carbocycles. The number of nitrogens with one attached hydrogen (secondary N) is 1. The van der Waals surface area contributed by atoms with Crippen LogP contribution in [0.3, 0.4) is 0 Å². The molecule has 0 bridgehead atoms. The maximum absolute atomic E-state index is 3.70. The van der Waals surface area contributed by atoms with E-state index in [0.29, 0.717) is 0 Å². The van der Waals surface area contributed by atoms with Crippen LogP contribution in [0.5, 0.6) is 0 Å². The van der Waals surface area contributed by atoms with E-state index in [1.54, 1.807) is 0 Å². The summed E-state index contributed by atoms with van der Waals surface area (Å²) in [6.45, 7) is 7.04. The van der Waals surface area contributed by atoms with E-state index in [1.165, 1.54) is 51.7 Å². The maximum atomic E-state index is 3.70. The summed E-state index contributed by atoms with van der Waals surface area (Å²) in [4.78, 5) is 5.04. The van der Waals surface area contributed by atoms with Gasteiger partial charge in [-0.05, 0) is 45.8 Å². The molecule has 2 rings (SSSR count). The van der Waals surface area contributed by atoms with Crippen LogP contribution in [-0.2, 0) is 0 Å². The van der Waals surface area contributed by atoms with E-state index in [-0.39, 0.29) is 0 Å². The first-order chi connectivity index (χ1) is 8.69. The molecule has 1 saturated carbocycles. The van der Waals surface area contributed by atoms with Crippen LogP contribution >= 0.6 is 0 Å². The summed E-state index contributed by atoms with van der Waals surface area (Å²) in [5.74, 6) is 1.07. The summed E-state index contributed by atoms with van der Waals surface area (Å²) in [6, 6.07) is 1.47. The third-order valence-electron chi connectivity index (χ3n) is 4.65. The fraction of sp³-hybridized carbons (Fsp3) is 1.00. The smallest absolute Gasteiger partial charge is 0.0235 e. The maximum Gasteiger partial charge on any atom is 0.0235 e. The van der Waals surface area contributed by atoms with Crippen LogP contribution in [0.15, 0.2) is 0 Å². The predicted octanol–water partition coefficient (Wildman–Crippen LogP) is 1.79. The average molecular weight is 253 g/mol. The van der Waals surface area contributed by atoms with Gasteiger partial charge in [0.2, 0.25) is 0 Å². The zero-order chi connectivity index (χ0) is 13.0. The summed E-state index contributed by atoms with van der Waals surface area (Å²) < 4.78 is 0. The second-order valence-corrected chi connectivity index (χ2v) is 6.41. The molecule has 1 heterocycles. The van der Waals surface area contributed by atoms with Gasteiger partial charge in [-0.1, -0.05) is 19.8 Å². The van der Waals surface area contributed by atoms with Crippen LogP contribution in [0, 0.1) is 5.92 Å². The highest BCUT2D eigenvalue weighted by atomic mass is 15.3. The van der Waals surface area contributed by atoms with E-state index in [0.717, 1.165) is 24.5 Å². The van der Waals surface area contributed by atoms with Crippen molar-refractivity contribution in [3.63, 3.8) is 0 Å². The molecule has 3 heteroatoms. The number of hydrogen-bond acceptors (Lipinski definition) is 3. The second-order valence-electron chi connectivity index (χ2n) is 6.41. The Morgan fingerprint density at radius 2 is 2.00 bits per heavy atom. The minimum absolute atomic E-state index is 0.731. The standard InChI is InChI=1S/C15H31N3/c1-4-16-14(8-7-13-5-6-13)11-15-12-17(2)9-10-18(15)3/h13-16H,4-12H2,1-3H3. The molecule has 0 aromatic carbocycles. The van der Waals surface area contributed by atoms with Gasteiger partial charge in [0.05, 0.1) is 0 Å². The summed E-state index contributed by atoms with van der Waals surface area (Å²) >= 11 is 0. The normalized spacial score (nSPS) is 28.5. The average Bonchev–Trinajstić information content (AvgIpc) is 3.15. The lowest BCUT2D eigenvalue weighted by Crippen LogP contribution is -2.52. The zero-order valence-corrected chi connectivity index (χ0v) is 12.5. The van der Waals surface area contributed by atoms with Crippen molar-refractivity contribution in [3.8, 4) is 0 Å². The Bertz CT molecular complexity index is 240. The summed E-state index contributed by atoms with van der Waals surface area (Å²) in [6.07, 6.45) is 7.13. The van der Waals surface area contributed by atoms with Gasteiger partial charge in [0, 0.05) is 31.7 Å². The van der Waals surface area contributed by atoms with Crippen molar-refractivity contribution in [2.24, 2.45) is 5.92 Å². The third-order valence-corrected chi connectivity index (χ3v) is 4.65. The summed E-state index contributed by atoms with van der Waals surface area (Å²) in [5, 5.41) is 3.70. The molecule has 2 aliphatic rings. The van der Waals surface area contributed by atoms with E-state index in [4.69, 9.17) is 0 Å². The molecule has 0 aromatic heterocycles. The first kappa shape index (κ1) is 14.3. The zero-order valence-electron chi connectivity index (χ0n) is 12.5. The van der Waals surface area contributed by atoms with Crippen LogP contribution in [-0.4, -0.2) is 62.2 Å². The first-order valence-electron chi connectivity index (χ1n) is 7.81. The van der Waals surface area contributed by atoms with Gasteiger partial charge in [-0.15, -0.1) is 0 Å². The van der Waals surface area contributed by atoms with E-state index < -0.39 is 0 Å². The monoisotopic (exact) mass is 253 g/mol. The number of likely N-dealkylation sites (N-methyl/N-ethyl adjacent to an activating group) is 2. The van der Waals surface area contributed by atoms with E-state index in [1.807, 2.05) is 0 Å². The van der Waals surface area contributed by atoms with E-state index in [9.17, 15) is 0 Å². The molecule has 1 saturated heterocycles. The Morgan fingerprint density at radius 3 is 2.67 bits per heavy atom. The van der Waals surface area contributed by atoms with E-state index in [2.05, 4.69) is 36.1 Å². The highest BCUT2D eigenvalue weighted by Gasteiger charge is 2.27. The molecule has 2 atom stereocenters. The Kier molecular flexibility index (Phi) is 5.46. The molecule has 3 nitrogen and oxygen atoms in total. The molecule has 2 fully saturated rings. The van der Waals surface area contributed by atoms with Crippen LogP contribution in [0.4, 0.5) is 0 Å². The molecule has 1 aliphatic heterocycles. The van der Waals surface area contributed by atoms with Crippen LogP contribution in [0.25, 0.3) is 0 Å². The number of nitrogens with zero attached hydrogens (tertiary/aromatic N) is 2. The van der Waals surface area contributed by atoms with E-state index >= 15 is 0 Å². The van der Waals surface area contributed by atoms with Gasteiger partial charge in [0.15, 0.2) is 0 Å². The molecule has 18 heavy (non-hydrogen) atoms. The second kappa shape index (κ2) is 6.88. The van der Waals surface area contributed by atoms with Crippen molar-refractivity contribution in [1.29, 1.82) is 0 Å².